The summed E-state index contributed by atoms with van der Waals surface area (Å²) in [6.45, 7) is 2.21. The van der Waals surface area contributed by atoms with Crippen LogP contribution in [0.4, 0.5) is 0 Å². The Kier molecular flexibility index (Phi) is 2.16. The molecule has 1 aliphatic rings. The van der Waals surface area contributed by atoms with Gasteiger partial charge in [-0.05, 0) is 42.5 Å². The van der Waals surface area contributed by atoms with Crippen molar-refractivity contribution in [2.45, 2.75) is 13.3 Å². The highest BCUT2D eigenvalue weighted by Crippen LogP contribution is 2.31. The van der Waals surface area contributed by atoms with E-state index in [1.165, 1.54) is 33.3 Å². The molecule has 0 amide bonds. The molecule has 0 saturated carbocycles. The van der Waals surface area contributed by atoms with Crippen LogP contribution in [0.2, 0.25) is 0 Å². The molecule has 2 aromatic carbocycles. The molecule has 1 aliphatic carbocycles. The van der Waals surface area contributed by atoms with Gasteiger partial charge in [0.2, 0.25) is 0 Å². The highest BCUT2D eigenvalue weighted by atomic mass is 15.0. The Morgan fingerprint density at radius 3 is 2.79 bits per heavy atom. The van der Waals surface area contributed by atoms with E-state index in [0.29, 0.717) is 0 Å². The van der Waals surface area contributed by atoms with Crippen molar-refractivity contribution in [2.24, 2.45) is 0 Å². The molecule has 1 heterocycles. The van der Waals surface area contributed by atoms with E-state index in [1.54, 1.807) is 0 Å². The standard InChI is InChI=1S/C18H15N/c1-13-11-15-6-4-8-18(16(15)12-13)19-10-9-14-5-2-3-7-17(14)19/h2-10,12H,11H2,1H3. The number of rotatable bonds is 1. The SMILES string of the molecule is CC1=Cc2c(cccc2-n2ccc3ccccc32)C1. The van der Waals surface area contributed by atoms with Gasteiger partial charge in [-0.25, -0.2) is 0 Å². The molecule has 0 saturated heterocycles. The highest BCUT2D eigenvalue weighted by molar-refractivity contribution is 5.83. The lowest BCUT2D eigenvalue weighted by molar-refractivity contribution is 1.11. The average molecular weight is 245 g/mol. The van der Waals surface area contributed by atoms with E-state index in [4.69, 9.17) is 0 Å². The molecule has 19 heavy (non-hydrogen) atoms. The Bertz CT molecular complexity index is 805. The van der Waals surface area contributed by atoms with E-state index in [-0.39, 0.29) is 0 Å². The number of allylic oxidation sites excluding steroid dienone is 1. The predicted molar refractivity (Wildman–Crippen MR) is 80.6 cm³/mol. The smallest absolute Gasteiger partial charge is 0.0530 e. The van der Waals surface area contributed by atoms with Gasteiger partial charge in [0, 0.05) is 11.8 Å². The van der Waals surface area contributed by atoms with Gasteiger partial charge in [0.15, 0.2) is 0 Å². The first-order valence-electron chi connectivity index (χ1n) is 6.68. The van der Waals surface area contributed by atoms with Gasteiger partial charge in [-0.3, -0.25) is 0 Å². The summed E-state index contributed by atoms with van der Waals surface area (Å²) in [6.07, 6.45) is 5.57. The zero-order valence-corrected chi connectivity index (χ0v) is 10.9. The molecule has 0 bridgehead atoms. The quantitative estimate of drug-likeness (QED) is 0.591. The molecule has 0 N–H and O–H groups in total. The van der Waals surface area contributed by atoms with Gasteiger partial charge in [0.05, 0.1) is 11.2 Å². The van der Waals surface area contributed by atoms with Gasteiger partial charge in [-0.1, -0.05) is 42.0 Å². The van der Waals surface area contributed by atoms with Crippen LogP contribution in [0.3, 0.4) is 0 Å². The first-order chi connectivity index (χ1) is 9.33. The van der Waals surface area contributed by atoms with Gasteiger partial charge in [-0.2, -0.15) is 0 Å². The summed E-state index contributed by atoms with van der Waals surface area (Å²) >= 11 is 0. The molecule has 92 valence electrons. The van der Waals surface area contributed by atoms with Crippen LogP contribution in [0, 0.1) is 0 Å². The van der Waals surface area contributed by atoms with Crippen LogP contribution in [0.25, 0.3) is 22.7 Å². The maximum Gasteiger partial charge on any atom is 0.0530 e. The Balaban J connectivity index is 2.02. The monoisotopic (exact) mass is 245 g/mol. The summed E-state index contributed by atoms with van der Waals surface area (Å²) in [6, 6.07) is 17.3. The maximum atomic E-state index is 2.32. The molecule has 4 rings (SSSR count). The second kappa shape index (κ2) is 3.86. The Morgan fingerprint density at radius 2 is 1.84 bits per heavy atom. The van der Waals surface area contributed by atoms with Crippen molar-refractivity contribution < 1.29 is 0 Å². The molecule has 3 aromatic rings. The fraction of sp³-hybridized carbons (Fsp3) is 0.111. The predicted octanol–water partition coefficient (Wildman–Crippen LogP) is 4.59. The number of hydrogen-bond donors (Lipinski definition) is 0. The van der Waals surface area contributed by atoms with Crippen LogP contribution >= 0.6 is 0 Å². The molecule has 0 radical (unpaired) electrons. The largest absolute Gasteiger partial charge is 0.316 e. The van der Waals surface area contributed by atoms with Crippen molar-refractivity contribution in [1.29, 1.82) is 0 Å². The third kappa shape index (κ3) is 1.55. The second-order valence-electron chi connectivity index (χ2n) is 5.26. The van der Waals surface area contributed by atoms with Gasteiger partial charge in [0.25, 0.3) is 0 Å². The molecule has 0 aliphatic heterocycles. The maximum absolute atomic E-state index is 2.32. The number of fused-ring (bicyclic) bond motifs is 2. The topological polar surface area (TPSA) is 4.93 Å². The van der Waals surface area contributed by atoms with Crippen molar-refractivity contribution in [3.8, 4) is 5.69 Å². The van der Waals surface area contributed by atoms with E-state index >= 15 is 0 Å². The molecular weight excluding hydrogens is 230 g/mol. The molecule has 1 nitrogen and oxygen atoms in total. The third-order valence-corrected chi connectivity index (χ3v) is 3.89. The van der Waals surface area contributed by atoms with Crippen molar-refractivity contribution in [1.82, 2.24) is 4.57 Å². The number of para-hydroxylation sites is 1. The van der Waals surface area contributed by atoms with Crippen LogP contribution in [-0.2, 0) is 6.42 Å². The Labute approximate surface area is 112 Å². The van der Waals surface area contributed by atoms with Gasteiger partial charge in [0.1, 0.15) is 0 Å². The second-order valence-corrected chi connectivity index (χ2v) is 5.26. The Morgan fingerprint density at radius 1 is 0.947 bits per heavy atom. The molecule has 1 aromatic heterocycles. The van der Waals surface area contributed by atoms with E-state index in [2.05, 4.69) is 72.3 Å². The van der Waals surface area contributed by atoms with Crippen molar-refractivity contribution >= 4 is 17.0 Å². The van der Waals surface area contributed by atoms with E-state index in [0.717, 1.165) is 6.42 Å². The molecule has 0 atom stereocenters. The molecular formula is C18H15N. The van der Waals surface area contributed by atoms with Crippen LogP contribution in [0.5, 0.6) is 0 Å². The summed E-state index contributed by atoms with van der Waals surface area (Å²) in [5, 5.41) is 1.29. The number of aromatic nitrogens is 1. The summed E-state index contributed by atoms with van der Waals surface area (Å²) < 4.78 is 2.29. The Hall–Kier alpha value is -2.28. The average Bonchev–Trinajstić information content (AvgIpc) is 3.00. The third-order valence-electron chi connectivity index (χ3n) is 3.89. The lowest BCUT2D eigenvalue weighted by Crippen LogP contribution is -1.96. The van der Waals surface area contributed by atoms with Crippen LogP contribution < -0.4 is 0 Å². The van der Waals surface area contributed by atoms with Gasteiger partial charge < -0.3 is 4.57 Å². The van der Waals surface area contributed by atoms with Crippen LogP contribution in [0.1, 0.15) is 18.1 Å². The fourth-order valence-corrected chi connectivity index (χ4v) is 3.02. The number of hydrogen-bond acceptors (Lipinski definition) is 0. The van der Waals surface area contributed by atoms with Gasteiger partial charge in [-0.15, -0.1) is 0 Å². The van der Waals surface area contributed by atoms with E-state index in [1.807, 2.05) is 0 Å². The first-order valence-corrected chi connectivity index (χ1v) is 6.68. The first kappa shape index (κ1) is 10.6. The lowest BCUT2D eigenvalue weighted by atomic mass is 10.1. The lowest BCUT2D eigenvalue weighted by Gasteiger charge is -2.10. The highest BCUT2D eigenvalue weighted by Gasteiger charge is 2.14. The zero-order chi connectivity index (χ0) is 12.8. The number of benzene rings is 2. The van der Waals surface area contributed by atoms with Gasteiger partial charge >= 0.3 is 0 Å². The fourth-order valence-electron chi connectivity index (χ4n) is 3.02. The van der Waals surface area contributed by atoms with Crippen LogP contribution in [-0.4, -0.2) is 4.57 Å². The molecule has 0 fully saturated rings. The summed E-state index contributed by atoms with van der Waals surface area (Å²) in [7, 11) is 0. The van der Waals surface area contributed by atoms with E-state index in [9.17, 15) is 0 Å². The van der Waals surface area contributed by atoms with Crippen molar-refractivity contribution in [3.05, 3.63) is 71.4 Å². The molecule has 0 unspecified atom stereocenters. The van der Waals surface area contributed by atoms with Crippen LogP contribution in [0.15, 0.2) is 60.3 Å². The molecule has 0 spiro atoms. The molecule has 1 heteroatoms. The summed E-state index contributed by atoms with van der Waals surface area (Å²) in [5.74, 6) is 0. The summed E-state index contributed by atoms with van der Waals surface area (Å²) in [5.41, 5.74) is 6.82. The number of nitrogens with zero attached hydrogens (tertiary/aromatic N) is 1. The minimum Gasteiger partial charge on any atom is -0.316 e. The summed E-state index contributed by atoms with van der Waals surface area (Å²) in [4.78, 5) is 0. The normalized spacial score (nSPS) is 13.6. The minimum atomic E-state index is 1.09. The van der Waals surface area contributed by atoms with Crippen molar-refractivity contribution in [3.63, 3.8) is 0 Å². The van der Waals surface area contributed by atoms with Crippen molar-refractivity contribution in [2.75, 3.05) is 0 Å². The minimum absolute atomic E-state index is 1.09. The van der Waals surface area contributed by atoms with E-state index < -0.39 is 0 Å². The zero-order valence-electron chi connectivity index (χ0n) is 10.9.